The van der Waals surface area contributed by atoms with Gasteiger partial charge in [0.05, 0.1) is 5.69 Å². The number of rotatable bonds is 4. The maximum atomic E-state index is 11.7. The average Bonchev–Trinajstić information content (AvgIpc) is 2.68. The van der Waals surface area contributed by atoms with Crippen LogP contribution >= 0.6 is 0 Å². The monoisotopic (exact) mass is 259 g/mol. The molecule has 0 aromatic carbocycles. The molecule has 0 saturated carbocycles. The Morgan fingerprint density at radius 3 is 2.84 bits per heavy atom. The van der Waals surface area contributed by atoms with E-state index < -0.39 is 0 Å². The minimum atomic E-state index is 0.0349. The molecule has 0 radical (unpaired) electrons. The molecule has 0 atom stereocenters. The van der Waals surface area contributed by atoms with Crippen LogP contribution in [-0.4, -0.2) is 21.8 Å². The summed E-state index contributed by atoms with van der Waals surface area (Å²) in [5.41, 5.74) is 1.98. The van der Waals surface area contributed by atoms with E-state index in [0.717, 1.165) is 17.8 Å². The number of nitrogens with one attached hydrogen (secondary N) is 1. The standard InChI is InChI=1S/C15H21N3O/c1-15(2,3)10-14(19)16-8-7-12-11-18-9-5-4-6-13(18)17-12/h4-6,9,11H,7-8,10H2,1-3H3,(H,16,19). The van der Waals surface area contributed by atoms with Crippen LogP contribution in [0.2, 0.25) is 0 Å². The molecule has 0 unspecified atom stereocenters. The van der Waals surface area contributed by atoms with E-state index >= 15 is 0 Å². The van der Waals surface area contributed by atoms with Gasteiger partial charge in [-0.1, -0.05) is 26.8 Å². The first-order valence-electron chi connectivity index (χ1n) is 6.63. The van der Waals surface area contributed by atoms with Gasteiger partial charge in [0.2, 0.25) is 5.91 Å². The number of carbonyl (C=O) groups excluding carboxylic acids is 1. The van der Waals surface area contributed by atoms with E-state index in [-0.39, 0.29) is 11.3 Å². The normalized spacial score (nSPS) is 11.7. The van der Waals surface area contributed by atoms with Crippen LogP contribution in [0.15, 0.2) is 30.6 Å². The van der Waals surface area contributed by atoms with E-state index in [4.69, 9.17) is 0 Å². The number of pyridine rings is 1. The van der Waals surface area contributed by atoms with Gasteiger partial charge in [-0.15, -0.1) is 0 Å². The Labute approximate surface area is 113 Å². The molecule has 0 saturated heterocycles. The second kappa shape index (κ2) is 5.43. The number of imidazole rings is 1. The molecule has 102 valence electrons. The lowest BCUT2D eigenvalue weighted by atomic mass is 9.92. The summed E-state index contributed by atoms with van der Waals surface area (Å²) >= 11 is 0. The molecular weight excluding hydrogens is 238 g/mol. The number of aromatic nitrogens is 2. The summed E-state index contributed by atoms with van der Waals surface area (Å²) in [6.07, 6.45) is 5.30. The molecule has 4 nitrogen and oxygen atoms in total. The molecule has 1 amide bonds. The fourth-order valence-electron chi connectivity index (χ4n) is 1.98. The second-order valence-corrected chi connectivity index (χ2v) is 6.04. The third kappa shape index (κ3) is 4.09. The first kappa shape index (κ1) is 13.6. The molecule has 2 heterocycles. The lowest BCUT2D eigenvalue weighted by Gasteiger charge is -2.17. The molecular formula is C15H21N3O. The highest BCUT2D eigenvalue weighted by Crippen LogP contribution is 2.17. The van der Waals surface area contributed by atoms with Crippen LogP contribution in [0, 0.1) is 5.41 Å². The van der Waals surface area contributed by atoms with Gasteiger partial charge < -0.3 is 9.72 Å². The third-order valence-corrected chi connectivity index (χ3v) is 2.81. The van der Waals surface area contributed by atoms with Crippen molar-refractivity contribution in [2.24, 2.45) is 5.41 Å². The predicted octanol–water partition coefficient (Wildman–Crippen LogP) is 2.43. The Morgan fingerprint density at radius 1 is 1.37 bits per heavy atom. The van der Waals surface area contributed by atoms with Crippen LogP contribution in [0.3, 0.4) is 0 Å². The minimum absolute atomic E-state index is 0.0349. The summed E-state index contributed by atoms with van der Waals surface area (Å²) in [7, 11) is 0. The molecule has 2 aromatic rings. The Hall–Kier alpha value is -1.84. The minimum Gasteiger partial charge on any atom is -0.356 e. The SMILES string of the molecule is CC(C)(C)CC(=O)NCCc1cn2ccccc2n1. The Balaban J connectivity index is 1.84. The molecule has 0 aliphatic heterocycles. The van der Waals surface area contributed by atoms with Gasteiger partial charge in [0.25, 0.3) is 0 Å². The van der Waals surface area contributed by atoms with Gasteiger partial charge in [-0.2, -0.15) is 0 Å². The van der Waals surface area contributed by atoms with Gasteiger partial charge in [0.1, 0.15) is 5.65 Å². The molecule has 0 aliphatic carbocycles. The van der Waals surface area contributed by atoms with Crippen LogP contribution in [0.1, 0.15) is 32.9 Å². The van der Waals surface area contributed by atoms with Gasteiger partial charge in [0.15, 0.2) is 0 Å². The van der Waals surface area contributed by atoms with E-state index in [1.165, 1.54) is 0 Å². The van der Waals surface area contributed by atoms with Gasteiger partial charge >= 0.3 is 0 Å². The summed E-state index contributed by atoms with van der Waals surface area (Å²) < 4.78 is 1.99. The number of carbonyl (C=O) groups is 1. The quantitative estimate of drug-likeness (QED) is 0.916. The zero-order valence-electron chi connectivity index (χ0n) is 11.8. The Kier molecular flexibility index (Phi) is 3.88. The van der Waals surface area contributed by atoms with Crippen LogP contribution in [0.5, 0.6) is 0 Å². The second-order valence-electron chi connectivity index (χ2n) is 6.04. The fraction of sp³-hybridized carbons (Fsp3) is 0.467. The van der Waals surface area contributed by atoms with E-state index in [9.17, 15) is 4.79 Å². The maximum absolute atomic E-state index is 11.7. The van der Waals surface area contributed by atoms with E-state index in [1.807, 2.05) is 35.0 Å². The molecule has 0 fully saturated rings. The van der Waals surface area contributed by atoms with Crippen molar-refractivity contribution in [3.8, 4) is 0 Å². The molecule has 4 heteroatoms. The highest BCUT2D eigenvalue weighted by molar-refractivity contribution is 5.76. The van der Waals surface area contributed by atoms with Gasteiger partial charge in [-0.3, -0.25) is 4.79 Å². The zero-order chi connectivity index (χ0) is 13.9. The van der Waals surface area contributed by atoms with Crippen molar-refractivity contribution < 1.29 is 4.79 Å². The molecule has 2 aromatic heterocycles. The number of hydrogen-bond donors (Lipinski definition) is 1. The largest absolute Gasteiger partial charge is 0.356 e. The van der Waals surface area contributed by atoms with Crippen molar-refractivity contribution in [1.29, 1.82) is 0 Å². The lowest BCUT2D eigenvalue weighted by molar-refractivity contribution is -0.122. The average molecular weight is 259 g/mol. The third-order valence-electron chi connectivity index (χ3n) is 2.81. The highest BCUT2D eigenvalue weighted by Gasteiger charge is 2.15. The summed E-state index contributed by atoms with van der Waals surface area (Å²) in [5.74, 6) is 0.108. The van der Waals surface area contributed by atoms with Crippen molar-refractivity contribution in [2.45, 2.75) is 33.6 Å². The molecule has 0 aliphatic rings. The maximum Gasteiger partial charge on any atom is 0.220 e. The molecule has 0 bridgehead atoms. The van der Waals surface area contributed by atoms with Crippen molar-refractivity contribution in [1.82, 2.24) is 14.7 Å². The van der Waals surface area contributed by atoms with Gasteiger partial charge in [-0.25, -0.2) is 4.98 Å². The Morgan fingerprint density at radius 2 is 2.16 bits per heavy atom. The smallest absolute Gasteiger partial charge is 0.220 e. The Bertz CT molecular complexity index is 533. The summed E-state index contributed by atoms with van der Waals surface area (Å²) in [6, 6.07) is 5.92. The van der Waals surface area contributed by atoms with E-state index in [2.05, 4.69) is 31.1 Å². The molecule has 19 heavy (non-hydrogen) atoms. The topological polar surface area (TPSA) is 46.4 Å². The van der Waals surface area contributed by atoms with Crippen LogP contribution < -0.4 is 5.32 Å². The van der Waals surface area contributed by atoms with E-state index in [0.29, 0.717) is 13.0 Å². The molecule has 2 rings (SSSR count). The summed E-state index contributed by atoms with van der Waals surface area (Å²) in [4.78, 5) is 16.2. The van der Waals surface area contributed by atoms with Crippen molar-refractivity contribution in [3.05, 3.63) is 36.3 Å². The van der Waals surface area contributed by atoms with Crippen LogP contribution in [-0.2, 0) is 11.2 Å². The van der Waals surface area contributed by atoms with E-state index in [1.54, 1.807) is 0 Å². The van der Waals surface area contributed by atoms with Gasteiger partial charge in [-0.05, 0) is 17.5 Å². The van der Waals surface area contributed by atoms with Crippen molar-refractivity contribution in [3.63, 3.8) is 0 Å². The first-order chi connectivity index (χ1) is 8.94. The number of fused-ring (bicyclic) bond motifs is 1. The molecule has 1 N–H and O–H groups in total. The molecule has 0 spiro atoms. The number of amides is 1. The highest BCUT2D eigenvalue weighted by atomic mass is 16.1. The van der Waals surface area contributed by atoms with Crippen molar-refractivity contribution in [2.75, 3.05) is 6.54 Å². The number of nitrogens with zero attached hydrogens (tertiary/aromatic N) is 2. The zero-order valence-corrected chi connectivity index (χ0v) is 11.8. The fourth-order valence-corrected chi connectivity index (χ4v) is 1.98. The summed E-state index contributed by atoms with van der Waals surface area (Å²) in [6.45, 7) is 6.83. The lowest BCUT2D eigenvalue weighted by Crippen LogP contribution is -2.29. The van der Waals surface area contributed by atoms with Crippen LogP contribution in [0.4, 0.5) is 0 Å². The number of hydrogen-bond acceptors (Lipinski definition) is 2. The summed E-state index contributed by atoms with van der Waals surface area (Å²) in [5, 5.41) is 2.94. The van der Waals surface area contributed by atoms with Crippen LogP contribution in [0.25, 0.3) is 5.65 Å². The van der Waals surface area contributed by atoms with Crippen molar-refractivity contribution >= 4 is 11.6 Å². The first-order valence-corrected chi connectivity index (χ1v) is 6.63. The van der Waals surface area contributed by atoms with Gasteiger partial charge in [0, 0.05) is 31.8 Å². The predicted molar refractivity (Wildman–Crippen MR) is 76.0 cm³/mol.